The predicted octanol–water partition coefficient (Wildman–Crippen LogP) is 3.17. The molecule has 0 radical (unpaired) electrons. The van der Waals surface area contributed by atoms with Crippen LogP contribution in [0.2, 0.25) is 0 Å². The van der Waals surface area contributed by atoms with Gasteiger partial charge in [-0.2, -0.15) is 0 Å². The first-order valence-electron chi connectivity index (χ1n) is 7.26. The van der Waals surface area contributed by atoms with Crippen molar-refractivity contribution < 1.29 is 13.9 Å². The highest BCUT2D eigenvalue weighted by atomic mass is 32.2. The SMILES string of the molecule is C[C@H](c1cccc([N+](=O)[O-])c1)N(C)C(=O)c1ccc([S@@](C)=O)cc1. The lowest BCUT2D eigenvalue weighted by Crippen LogP contribution is -2.29. The second kappa shape index (κ2) is 7.35. The molecule has 2 aromatic rings. The van der Waals surface area contributed by atoms with Crippen LogP contribution in [0.25, 0.3) is 0 Å². The number of non-ortho nitro benzene ring substituents is 1. The third-order valence-corrected chi connectivity index (χ3v) is 4.83. The summed E-state index contributed by atoms with van der Waals surface area (Å²) in [6, 6.07) is 12.5. The van der Waals surface area contributed by atoms with Crippen molar-refractivity contribution in [1.29, 1.82) is 0 Å². The molecule has 0 unspecified atom stereocenters. The summed E-state index contributed by atoms with van der Waals surface area (Å²) in [5, 5.41) is 10.9. The Morgan fingerprint density at radius 3 is 2.38 bits per heavy atom. The van der Waals surface area contributed by atoms with Crippen LogP contribution in [0.4, 0.5) is 5.69 Å². The van der Waals surface area contributed by atoms with Gasteiger partial charge < -0.3 is 4.90 Å². The maximum Gasteiger partial charge on any atom is 0.269 e. The minimum Gasteiger partial charge on any atom is -0.335 e. The van der Waals surface area contributed by atoms with Gasteiger partial charge in [0.05, 0.1) is 11.0 Å². The van der Waals surface area contributed by atoms with E-state index in [4.69, 9.17) is 0 Å². The highest BCUT2D eigenvalue weighted by Gasteiger charge is 2.20. The van der Waals surface area contributed by atoms with E-state index >= 15 is 0 Å². The molecule has 0 bridgehead atoms. The van der Waals surface area contributed by atoms with Gasteiger partial charge in [-0.25, -0.2) is 0 Å². The molecule has 0 saturated heterocycles. The first-order valence-corrected chi connectivity index (χ1v) is 8.82. The fraction of sp³-hybridized carbons (Fsp3) is 0.235. The molecule has 6 nitrogen and oxygen atoms in total. The number of benzene rings is 2. The molecular formula is C17H18N2O4S. The van der Waals surface area contributed by atoms with E-state index in [2.05, 4.69) is 0 Å². The quantitative estimate of drug-likeness (QED) is 0.615. The lowest BCUT2D eigenvalue weighted by molar-refractivity contribution is -0.384. The molecule has 0 heterocycles. The van der Waals surface area contributed by atoms with Crippen molar-refractivity contribution in [3.8, 4) is 0 Å². The monoisotopic (exact) mass is 346 g/mol. The summed E-state index contributed by atoms with van der Waals surface area (Å²) < 4.78 is 11.4. The third kappa shape index (κ3) is 3.86. The summed E-state index contributed by atoms with van der Waals surface area (Å²) in [7, 11) is 0.555. The van der Waals surface area contributed by atoms with Gasteiger partial charge >= 0.3 is 0 Å². The topological polar surface area (TPSA) is 80.5 Å². The number of nitro benzene ring substituents is 1. The second-order valence-electron chi connectivity index (χ2n) is 5.42. The first kappa shape index (κ1) is 17.8. The summed E-state index contributed by atoms with van der Waals surface area (Å²) in [5.41, 5.74) is 1.16. The molecule has 2 rings (SSSR count). The molecule has 0 aliphatic rings. The van der Waals surface area contributed by atoms with Gasteiger partial charge in [-0.05, 0) is 36.8 Å². The number of rotatable bonds is 5. The van der Waals surface area contributed by atoms with Crippen LogP contribution in [0.3, 0.4) is 0 Å². The molecule has 7 heteroatoms. The van der Waals surface area contributed by atoms with Crippen LogP contribution in [0.15, 0.2) is 53.4 Å². The Labute approximate surface area is 142 Å². The first-order chi connectivity index (χ1) is 11.3. The molecule has 0 fully saturated rings. The zero-order valence-electron chi connectivity index (χ0n) is 13.6. The van der Waals surface area contributed by atoms with Crippen molar-refractivity contribution in [2.45, 2.75) is 17.9 Å². The molecule has 0 aliphatic heterocycles. The Morgan fingerprint density at radius 2 is 1.83 bits per heavy atom. The Kier molecular flexibility index (Phi) is 5.46. The standard InChI is InChI=1S/C17H18N2O4S/c1-12(14-5-4-6-15(11-14)19(21)22)18(2)17(20)13-7-9-16(10-8-13)24(3)23/h4-12H,1-3H3/t12-,24-/m1/s1. The van der Waals surface area contributed by atoms with Crippen molar-refractivity contribution in [2.24, 2.45) is 0 Å². The molecular weight excluding hydrogens is 328 g/mol. The maximum absolute atomic E-state index is 12.6. The number of amides is 1. The molecule has 0 saturated carbocycles. The Hall–Kier alpha value is -2.54. The largest absolute Gasteiger partial charge is 0.335 e. The van der Waals surface area contributed by atoms with Crippen LogP contribution in [0.5, 0.6) is 0 Å². The highest BCUT2D eigenvalue weighted by molar-refractivity contribution is 7.84. The van der Waals surface area contributed by atoms with Crippen LogP contribution in [-0.4, -0.2) is 33.2 Å². The second-order valence-corrected chi connectivity index (χ2v) is 6.80. The molecule has 0 N–H and O–H groups in total. The summed E-state index contributed by atoms with van der Waals surface area (Å²) >= 11 is 0. The average molecular weight is 346 g/mol. The van der Waals surface area contributed by atoms with E-state index in [1.54, 1.807) is 49.7 Å². The van der Waals surface area contributed by atoms with Crippen LogP contribution in [0, 0.1) is 10.1 Å². The summed E-state index contributed by atoms with van der Waals surface area (Å²) in [6.45, 7) is 1.81. The van der Waals surface area contributed by atoms with E-state index in [0.29, 0.717) is 16.0 Å². The van der Waals surface area contributed by atoms with E-state index in [9.17, 15) is 19.1 Å². The van der Waals surface area contributed by atoms with Gasteiger partial charge in [0, 0.05) is 46.7 Å². The summed E-state index contributed by atoms with van der Waals surface area (Å²) in [4.78, 5) is 25.2. The zero-order valence-corrected chi connectivity index (χ0v) is 14.4. The van der Waals surface area contributed by atoms with E-state index in [-0.39, 0.29) is 17.6 Å². The Balaban J connectivity index is 2.21. The van der Waals surface area contributed by atoms with Crippen LogP contribution in [0.1, 0.15) is 28.9 Å². The van der Waals surface area contributed by atoms with Crippen molar-refractivity contribution >= 4 is 22.4 Å². The number of nitro groups is 1. The van der Waals surface area contributed by atoms with Crippen molar-refractivity contribution in [1.82, 2.24) is 4.90 Å². The van der Waals surface area contributed by atoms with Crippen molar-refractivity contribution in [3.63, 3.8) is 0 Å². The van der Waals surface area contributed by atoms with Gasteiger partial charge in [0.1, 0.15) is 0 Å². The minimum absolute atomic E-state index is 0.00465. The zero-order chi connectivity index (χ0) is 17.9. The smallest absolute Gasteiger partial charge is 0.269 e. The highest BCUT2D eigenvalue weighted by Crippen LogP contribution is 2.24. The van der Waals surface area contributed by atoms with Gasteiger partial charge in [0.25, 0.3) is 11.6 Å². The van der Waals surface area contributed by atoms with Crippen molar-refractivity contribution in [2.75, 3.05) is 13.3 Å². The fourth-order valence-electron chi connectivity index (χ4n) is 2.29. The molecule has 0 aromatic heterocycles. The van der Waals surface area contributed by atoms with E-state index in [0.717, 1.165) is 0 Å². The van der Waals surface area contributed by atoms with Gasteiger partial charge in [-0.3, -0.25) is 19.1 Å². The molecule has 2 aromatic carbocycles. The molecule has 1 amide bonds. The Morgan fingerprint density at radius 1 is 1.21 bits per heavy atom. The number of carbonyl (C=O) groups excluding carboxylic acids is 1. The van der Waals surface area contributed by atoms with Crippen molar-refractivity contribution in [3.05, 3.63) is 69.8 Å². The lowest BCUT2D eigenvalue weighted by atomic mass is 10.1. The normalized spacial score (nSPS) is 13.1. The lowest BCUT2D eigenvalue weighted by Gasteiger charge is -2.25. The van der Waals surface area contributed by atoms with Gasteiger partial charge in [-0.1, -0.05) is 12.1 Å². The maximum atomic E-state index is 12.6. The van der Waals surface area contributed by atoms with Crippen LogP contribution >= 0.6 is 0 Å². The van der Waals surface area contributed by atoms with E-state index < -0.39 is 15.7 Å². The number of hydrogen-bond donors (Lipinski definition) is 0. The van der Waals surface area contributed by atoms with Crippen LogP contribution < -0.4 is 0 Å². The molecule has 0 spiro atoms. The summed E-state index contributed by atoms with van der Waals surface area (Å²) in [5.74, 6) is -0.206. The number of hydrogen-bond acceptors (Lipinski definition) is 4. The average Bonchev–Trinajstić information content (AvgIpc) is 2.60. The van der Waals surface area contributed by atoms with E-state index in [1.807, 2.05) is 6.92 Å². The van der Waals surface area contributed by atoms with Crippen LogP contribution in [-0.2, 0) is 10.8 Å². The van der Waals surface area contributed by atoms with E-state index in [1.165, 1.54) is 17.0 Å². The molecule has 0 aliphatic carbocycles. The number of nitrogens with zero attached hydrogens (tertiary/aromatic N) is 2. The number of carbonyl (C=O) groups is 1. The molecule has 2 atom stereocenters. The summed E-state index contributed by atoms with van der Waals surface area (Å²) in [6.07, 6.45) is 1.58. The predicted molar refractivity (Wildman–Crippen MR) is 92.4 cm³/mol. The Bertz CT molecular complexity index is 789. The molecule has 126 valence electrons. The van der Waals surface area contributed by atoms with Gasteiger partial charge in [0.2, 0.25) is 0 Å². The van der Waals surface area contributed by atoms with Gasteiger partial charge in [-0.15, -0.1) is 0 Å². The fourth-order valence-corrected chi connectivity index (χ4v) is 2.81. The van der Waals surface area contributed by atoms with Gasteiger partial charge in [0.15, 0.2) is 0 Å². The molecule has 24 heavy (non-hydrogen) atoms. The minimum atomic E-state index is -1.10. The third-order valence-electron chi connectivity index (χ3n) is 3.90.